The van der Waals surface area contributed by atoms with E-state index in [9.17, 15) is 4.79 Å². The van der Waals surface area contributed by atoms with Gasteiger partial charge in [0.25, 0.3) is 0 Å². The average Bonchev–Trinajstić information content (AvgIpc) is 3.47. The van der Waals surface area contributed by atoms with Crippen LogP contribution in [0.2, 0.25) is 5.02 Å². The Bertz CT molecular complexity index is 613. The summed E-state index contributed by atoms with van der Waals surface area (Å²) in [6, 6.07) is 7.85. The average molecular weight is 492 g/mol. The molecule has 1 aliphatic carbocycles. The molecule has 6 nitrogen and oxygen atoms in total. The lowest BCUT2D eigenvalue weighted by molar-refractivity contribution is -0.130. The fraction of sp³-hybridized carbons (Fsp3) is 0.556. The molecule has 0 radical (unpaired) electrons. The molecule has 26 heavy (non-hydrogen) atoms. The summed E-state index contributed by atoms with van der Waals surface area (Å²) in [5.74, 6) is 1.60. The zero-order valence-electron chi connectivity index (χ0n) is 15.1. The van der Waals surface area contributed by atoms with Crippen molar-refractivity contribution in [3.8, 4) is 0 Å². The van der Waals surface area contributed by atoms with Gasteiger partial charge in [-0.25, -0.2) is 0 Å². The molecule has 2 N–H and O–H groups in total. The fourth-order valence-electron chi connectivity index (χ4n) is 2.92. The first-order chi connectivity index (χ1) is 12.2. The first-order valence-corrected chi connectivity index (χ1v) is 9.26. The van der Waals surface area contributed by atoms with Gasteiger partial charge in [0.1, 0.15) is 0 Å². The largest absolute Gasteiger partial charge is 0.368 e. The highest BCUT2D eigenvalue weighted by Gasteiger charge is 2.23. The Hall–Kier alpha value is -1.22. The predicted molar refractivity (Wildman–Crippen MR) is 118 cm³/mol. The number of halogens is 2. The number of hydrogen-bond donors (Lipinski definition) is 2. The van der Waals surface area contributed by atoms with Crippen LogP contribution in [0.15, 0.2) is 29.3 Å². The van der Waals surface area contributed by atoms with E-state index in [4.69, 9.17) is 11.6 Å². The third-order valence-corrected chi connectivity index (χ3v) is 4.96. The third-order valence-electron chi connectivity index (χ3n) is 4.71. The van der Waals surface area contributed by atoms with Gasteiger partial charge in [-0.2, -0.15) is 0 Å². The third kappa shape index (κ3) is 6.19. The van der Waals surface area contributed by atoms with Crippen LogP contribution in [0.5, 0.6) is 0 Å². The number of guanidine groups is 1. The highest BCUT2D eigenvalue weighted by atomic mass is 127. The van der Waals surface area contributed by atoms with E-state index in [0.29, 0.717) is 5.96 Å². The highest BCUT2D eigenvalue weighted by molar-refractivity contribution is 14.0. The molecule has 0 aromatic heterocycles. The van der Waals surface area contributed by atoms with Crippen molar-refractivity contribution in [2.45, 2.75) is 12.8 Å². The van der Waals surface area contributed by atoms with E-state index in [1.807, 2.05) is 29.2 Å². The van der Waals surface area contributed by atoms with E-state index >= 15 is 0 Å². The Morgan fingerprint density at radius 3 is 2.38 bits per heavy atom. The maximum Gasteiger partial charge on any atom is 0.242 e. The topological polar surface area (TPSA) is 60.0 Å². The normalized spacial score (nSPS) is 17.5. The zero-order chi connectivity index (χ0) is 17.6. The second-order valence-electron chi connectivity index (χ2n) is 6.59. The smallest absolute Gasteiger partial charge is 0.242 e. The molecule has 144 valence electrons. The minimum atomic E-state index is 0. The molecule has 1 aliphatic heterocycles. The number of carbonyl (C=O) groups is 1. The van der Waals surface area contributed by atoms with Crippen LogP contribution in [0.1, 0.15) is 12.8 Å². The SMILES string of the molecule is CN=C(NCC(=O)N1CCN(c2ccc(Cl)cc2)CC1)NCC1CC1.I. The van der Waals surface area contributed by atoms with Crippen molar-refractivity contribution in [3.63, 3.8) is 0 Å². The van der Waals surface area contributed by atoms with Crippen molar-refractivity contribution in [1.29, 1.82) is 0 Å². The van der Waals surface area contributed by atoms with Crippen LogP contribution in [-0.2, 0) is 4.79 Å². The molecule has 0 unspecified atom stereocenters. The van der Waals surface area contributed by atoms with Crippen LogP contribution in [0.4, 0.5) is 5.69 Å². The predicted octanol–water partition coefficient (Wildman–Crippen LogP) is 2.18. The standard InChI is InChI=1S/C18H26ClN5O.HI/c1-20-18(21-12-14-2-3-14)22-13-17(25)24-10-8-23(9-11-24)16-6-4-15(19)5-7-16;/h4-7,14H,2-3,8-13H2,1H3,(H2,20,21,22);1H. The zero-order valence-corrected chi connectivity index (χ0v) is 18.2. The molecule has 1 aromatic carbocycles. The number of carbonyl (C=O) groups excluding carboxylic acids is 1. The molecule has 1 saturated carbocycles. The lowest BCUT2D eigenvalue weighted by Gasteiger charge is -2.36. The van der Waals surface area contributed by atoms with Gasteiger partial charge in [-0.3, -0.25) is 9.79 Å². The molecule has 1 amide bonds. The first-order valence-electron chi connectivity index (χ1n) is 8.88. The first kappa shape index (κ1) is 21.1. The summed E-state index contributed by atoms with van der Waals surface area (Å²) in [5, 5.41) is 7.13. The van der Waals surface area contributed by atoms with Gasteiger partial charge in [0, 0.05) is 50.5 Å². The van der Waals surface area contributed by atoms with Crippen LogP contribution in [0.25, 0.3) is 0 Å². The maximum absolute atomic E-state index is 12.4. The molecule has 1 aromatic rings. The molecular weight excluding hydrogens is 465 g/mol. The van der Waals surface area contributed by atoms with E-state index in [2.05, 4.69) is 20.5 Å². The Kier molecular flexibility index (Phi) is 8.27. The van der Waals surface area contributed by atoms with Gasteiger partial charge in [0.05, 0.1) is 6.54 Å². The summed E-state index contributed by atoms with van der Waals surface area (Å²) in [6.07, 6.45) is 2.58. The quantitative estimate of drug-likeness (QED) is 0.377. The number of nitrogens with zero attached hydrogens (tertiary/aromatic N) is 3. The number of hydrogen-bond acceptors (Lipinski definition) is 3. The summed E-state index contributed by atoms with van der Waals surface area (Å²) in [6.45, 7) is 4.36. The van der Waals surface area contributed by atoms with E-state index in [-0.39, 0.29) is 36.4 Å². The number of rotatable bonds is 5. The van der Waals surface area contributed by atoms with Gasteiger partial charge in [-0.1, -0.05) is 11.6 Å². The molecular formula is C18H27ClIN5O. The molecule has 1 heterocycles. The van der Waals surface area contributed by atoms with Gasteiger partial charge in [0.15, 0.2) is 5.96 Å². The minimum absolute atomic E-state index is 0. The summed E-state index contributed by atoms with van der Waals surface area (Å²) < 4.78 is 0. The van der Waals surface area contributed by atoms with Crippen molar-refractivity contribution in [3.05, 3.63) is 29.3 Å². The summed E-state index contributed by atoms with van der Waals surface area (Å²) in [4.78, 5) is 20.8. The Morgan fingerprint density at radius 2 is 1.81 bits per heavy atom. The molecule has 0 atom stereocenters. The van der Waals surface area contributed by atoms with Crippen molar-refractivity contribution in [2.75, 3.05) is 51.2 Å². The van der Waals surface area contributed by atoms with Crippen LogP contribution in [0, 0.1) is 5.92 Å². The molecule has 2 fully saturated rings. The minimum Gasteiger partial charge on any atom is -0.368 e. The second kappa shape index (κ2) is 10.2. The van der Waals surface area contributed by atoms with Gasteiger partial charge in [0.2, 0.25) is 5.91 Å². The molecule has 1 saturated heterocycles. The number of amides is 1. The summed E-state index contributed by atoms with van der Waals surface area (Å²) in [5.41, 5.74) is 1.15. The highest BCUT2D eigenvalue weighted by Crippen LogP contribution is 2.27. The van der Waals surface area contributed by atoms with Crippen LogP contribution in [-0.4, -0.2) is 63.1 Å². The molecule has 2 aliphatic rings. The molecule has 0 bridgehead atoms. The monoisotopic (exact) mass is 491 g/mol. The van der Waals surface area contributed by atoms with E-state index in [1.54, 1.807) is 7.05 Å². The van der Waals surface area contributed by atoms with Crippen LogP contribution < -0.4 is 15.5 Å². The Balaban J connectivity index is 0.00000243. The number of nitrogens with one attached hydrogen (secondary N) is 2. The van der Waals surface area contributed by atoms with Crippen molar-refractivity contribution < 1.29 is 4.79 Å². The van der Waals surface area contributed by atoms with E-state index < -0.39 is 0 Å². The van der Waals surface area contributed by atoms with Crippen LogP contribution in [0.3, 0.4) is 0 Å². The lowest BCUT2D eigenvalue weighted by atomic mass is 10.2. The summed E-state index contributed by atoms with van der Waals surface area (Å²) >= 11 is 5.94. The molecule has 3 rings (SSSR count). The van der Waals surface area contributed by atoms with Gasteiger partial charge < -0.3 is 20.4 Å². The lowest BCUT2D eigenvalue weighted by Crippen LogP contribution is -2.52. The number of benzene rings is 1. The fourth-order valence-corrected chi connectivity index (χ4v) is 3.05. The van der Waals surface area contributed by atoms with Crippen LogP contribution >= 0.6 is 35.6 Å². The van der Waals surface area contributed by atoms with Gasteiger partial charge in [-0.05, 0) is 43.0 Å². The van der Waals surface area contributed by atoms with E-state index in [0.717, 1.165) is 49.4 Å². The van der Waals surface area contributed by atoms with Crippen molar-refractivity contribution in [1.82, 2.24) is 15.5 Å². The van der Waals surface area contributed by atoms with Crippen molar-refractivity contribution >= 4 is 53.1 Å². The van der Waals surface area contributed by atoms with Crippen molar-refractivity contribution in [2.24, 2.45) is 10.9 Å². The van der Waals surface area contributed by atoms with Gasteiger partial charge >= 0.3 is 0 Å². The maximum atomic E-state index is 12.4. The number of anilines is 1. The summed E-state index contributed by atoms with van der Waals surface area (Å²) in [7, 11) is 1.73. The second-order valence-corrected chi connectivity index (χ2v) is 7.03. The number of aliphatic imine (C=N–C) groups is 1. The Morgan fingerprint density at radius 1 is 1.15 bits per heavy atom. The van der Waals surface area contributed by atoms with E-state index in [1.165, 1.54) is 12.8 Å². The molecule has 8 heteroatoms. The number of piperazine rings is 1. The van der Waals surface area contributed by atoms with Gasteiger partial charge in [-0.15, -0.1) is 24.0 Å². The Labute approximate surface area is 177 Å². The molecule has 0 spiro atoms.